The van der Waals surface area contributed by atoms with Crippen LogP contribution in [-0.2, 0) is 4.74 Å². The van der Waals surface area contributed by atoms with Gasteiger partial charge in [-0.2, -0.15) is 0 Å². The van der Waals surface area contributed by atoms with Crippen molar-refractivity contribution in [1.29, 1.82) is 0 Å². The van der Waals surface area contributed by atoms with Gasteiger partial charge >= 0.3 is 0 Å². The van der Waals surface area contributed by atoms with Crippen LogP contribution in [0.25, 0.3) is 0 Å². The van der Waals surface area contributed by atoms with Crippen LogP contribution >= 0.6 is 0 Å². The Morgan fingerprint density at radius 2 is 2.07 bits per heavy atom. The van der Waals surface area contributed by atoms with Crippen LogP contribution in [-0.4, -0.2) is 63.1 Å². The van der Waals surface area contributed by atoms with Crippen molar-refractivity contribution in [2.75, 3.05) is 53.0 Å². The summed E-state index contributed by atoms with van der Waals surface area (Å²) in [5, 5.41) is 11.9. The number of likely N-dealkylation sites (N-methyl/N-ethyl adjacent to an activating group) is 1. The van der Waals surface area contributed by atoms with E-state index in [9.17, 15) is 0 Å². The summed E-state index contributed by atoms with van der Waals surface area (Å²) in [6, 6.07) is 0. The Bertz CT molecular complexity index is 150. The SMILES string of the molecule is CN(CCOCCO)CC1CCNCC1. The first-order valence-electron chi connectivity index (χ1n) is 5.91. The first kappa shape index (κ1) is 12.9. The molecule has 0 amide bonds. The molecule has 0 unspecified atom stereocenters. The normalized spacial score (nSPS) is 18.6. The third-order valence-corrected chi connectivity index (χ3v) is 2.88. The first-order valence-corrected chi connectivity index (χ1v) is 5.91. The van der Waals surface area contributed by atoms with Crippen LogP contribution in [0.4, 0.5) is 0 Å². The molecule has 1 rings (SSSR count). The largest absolute Gasteiger partial charge is 0.394 e. The van der Waals surface area contributed by atoms with Gasteiger partial charge in [0.25, 0.3) is 0 Å². The molecule has 0 aliphatic carbocycles. The molecule has 4 heteroatoms. The molecule has 1 saturated heterocycles. The average Bonchev–Trinajstić information content (AvgIpc) is 2.26. The van der Waals surface area contributed by atoms with Crippen molar-refractivity contribution in [2.45, 2.75) is 12.8 Å². The molecule has 0 bridgehead atoms. The third kappa shape index (κ3) is 6.10. The zero-order chi connectivity index (χ0) is 10.9. The molecule has 90 valence electrons. The Morgan fingerprint density at radius 3 is 2.73 bits per heavy atom. The molecule has 1 aliphatic heterocycles. The van der Waals surface area contributed by atoms with E-state index < -0.39 is 0 Å². The van der Waals surface area contributed by atoms with Gasteiger partial charge in [-0.05, 0) is 38.9 Å². The van der Waals surface area contributed by atoms with Gasteiger partial charge in [0.2, 0.25) is 0 Å². The van der Waals surface area contributed by atoms with Gasteiger partial charge in [-0.15, -0.1) is 0 Å². The summed E-state index contributed by atoms with van der Waals surface area (Å²) in [4.78, 5) is 2.33. The fraction of sp³-hybridized carbons (Fsp3) is 1.00. The number of aliphatic hydroxyl groups is 1. The lowest BCUT2D eigenvalue weighted by Crippen LogP contribution is -2.35. The number of rotatable bonds is 7. The molecule has 0 saturated carbocycles. The molecular weight excluding hydrogens is 192 g/mol. The van der Waals surface area contributed by atoms with Gasteiger partial charge in [0.1, 0.15) is 0 Å². The smallest absolute Gasteiger partial charge is 0.0698 e. The molecule has 0 aromatic rings. The van der Waals surface area contributed by atoms with Crippen molar-refractivity contribution in [3.63, 3.8) is 0 Å². The summed E-state index contributed by atoms with van der Waals surface area (Å²) in [6.07, 6.45) is 2.59. The molecule has 1 fully saturated rings. The quantitative estimate of drug-likeness (QED) is 0.585. The van der Waals surface area contributed by atoms with E-state index in [1.54, 1.807) is 0 Å². The lowest BCUT2D eigenvalue weighted by Gasteiger charge is -2.27. The second kappa shape index (κ2) is 8.05. The van der Waals surface area contributed by atoms with E-state index >= 15 is 0 Å². The number of piperidine rings is 1. The van der Waals surface area contributed by atoms with Gasteiger partial charge in [0.05, 0.1) is 19.8 Å². The number of ether oxygens (including phenoxy) is 1. The molecule has 2 N–H and O–H groups in total. The Labute approximate surface area is 92.6 Å². The van der Waals surface area contributed by atoms with Crippen LogP contribution in [0.2, 0.25) is 0 Å². The lowest BCUT2D eigenvalue weighted by atomic mass is 9.98. The van der Waals surface area contributed by atoms with Crippen LogP contribution < -0.4 is 5.32 Å². The topological polar surface area (TPSA) is 44.7 Å². The van der Waals surface area contributed by atoms with E-state index in [4.69, 9.17) is 9.84 Å². The van der Waals surface area contributed by atoms with Crippen molar-refractivity contribution < 1.29 is 9.84 Å². The molecule has 1 aliphatic rings. The van der Waals surface area contributed by atoms with Gasteiger partial charge in [-0.3, -0.25) is 0 Å². The average molecular weight is 216 g/mol. The monoisotopic (exact) mass is 216 g/mol. The molecule has 0 aromatic carbocycles. The van der Waals surface area contributed by atoms with E-state index in [-0.39, 0.29) is 6.61 Å². The zero-order valence-corrected chi connectivity index (χ0v) is 9.74. The number of hydrogen-bond donors (Lipinski definition) is 2. The second-order valence-corrected chi connectivity index (χ2v) is 4.29. The van der Waals surface area contributed by atoms with Crippen molar-refractivity contribution in [3.05, 3.63) is 0 Å². The Balaban J connectivity index is 1.98. The van der Waals surface area contributed by atoms with Crippen LogP contribution in [0.3, 0.4) is 0 Å². The molecule has 0 atom stereocenters. The third-order valence-electron chi connectivity index (χ3n) is 2.88. The van der Waals surface area contributed by atoms with Gasteiger partial charge in [0.15, 0.2) is 0 Å². The number of nitrogens with zero attached hydrogens (tertiary/aromatic N) is 1. The summed E-state index contributed by atoms with van der Waals surface area (Å²) in [7, 11) is 2.14. The van der Waals surface area contributed by atoms with Gasteiger partial charge in [0, 0.05) is 13.1 Å². The maximum absolute atomic E-state index is 8.55. The Kier molecular flexibility index (Phi) is 6.92. The molecule has 0 spiro atoms. The summed E-state index contributed by atoms with van der Waals surface area (Å²) >= 11 is 0. The molecule has 4 nitrogen and oxygen atoms in total. The highest BCUT2D eigenvalue weighted by Gasteiger charge is 2.14. The first-order chi connectivity index (χ1) is 7.33. The maximum atomic E-state index is 8.55. The van der Waals surface area contributed by atoms with E-state index in [0.29, 0.717) is 6.61 Å². The van der Waals surface area contributed by atoms with Gasteiger partial charge < -0.3 is 20.1 Å². The van der Waals surface area contributed by atoms with E-state index in [2.05, 4.69) is 17.3 Å². The zero-order valence-electron chi connectivity index (χ0n) is 9.74. The molecule has 0 aromatic heterocycles. The van der Waals surface area contributed by atoms with Crippen molar-refractivity contribution in [2.24, 2.45) is 5.92 Å². The molecule has 1 heterocycles. The van der Waals surface area contributed by atoms with Gasteiger partial charge in [-0.25, -0.2) is 0 Å². The van der Waals surface area contributed by atoms with Gasteiger partial charge in [-0.1, -0.05) is 0 Å². The summed E-state index contributed by atoms with van der Waals surface area (Å²) < 4.78 is 5.24. The van der Waals surface area contributed by atoms with E-state index in [0.717, 1.165) is 19.1 Å². The van der Waals surface area contributed by atoms with Crippen LogP contribution in [0.15, 0.2) is 0 Å². The van der Waals surface area contributed by atoms with E-state index in [1.807, 2.05) is 0 Å². The number of aliphatic hydroxyl groups excluding tert-OH is 1. The summed E-state index contributed by atoms with van der Waals surface area (Å²) in [6.45, 7) is 5.77. The lowest BCUT2D eigenvalue weighted by molar-refractivity contribution is 0.0746. The standard InChI is InChI=1S/C11H24N2O2/c1-13(6-8-15-9-7-14)10-11-2-4-12-5-3-11/h11-12,14H,2-10H2,1H3. The predicted molar refractivity (Wildman–Crippen MR) is 61.0 cm³/mol. The molecule has 0 radical (unpaired) electrons. The molecular formula is C11H24N2O2. The summed E-state index contributed by atoms with van der Waals surface area (Å²) in [5.41, 5.74) is 0. The van der Waals surface area contributed by atoms with Crippen molar-refractivity contribution in [3.8, 4) is 0 Å². The second-order valence-electron chi connectivity index (χ2n) is 4.29. The predicted octanol–water partition coefficient (Wildman–Crippen LogP) is -0.0733. The number of nitrogens with one attached hydrogen (secondary N) is 1. The highest BCUT2D eigenvalue weighted by molar-refractivity contribution is 4.71. The Morgan fingerprint density at radius 1 is 1.33 bits per heavy atom. The maximum Gasteiger partial charge on any atom is 0.0698 e. The minimum atomic E-state index is 0.123. The van der Waals surface area contributed by atoms with Crippen LogP contribution in [0.1, 0.15) is 12.8 Å². The fourth-order valence-corrected chi connectivity index (χ4v) is 1.98. The highest BCUT2D eigenvalue weighted by Crippen LogP contribution is 2.12. The minimum absolute atomic E-state index is 0.123. The van der Waals surface area contributed by atoms with E-state index in [1.165, 1.54) is 32.5 Å². The van der Waals surface area contributed by atoms with Crippen molar-refractivity contribution in [1.82, 2.24) is 10.2 Å². The fourth-order valence-electron chi connectivity index (χ4n) is 1.98. The number of hydrogen-bond acceptors (Lipinski definition) is 4. The van der Waals surface area contributed by atoms with Crippen LogP contribution in [0, 0.1) is 5.92 Å². The summed E-state index contributed by atoms with van der Waals surface area (Å²) in [5.74, 6) is 0.842. The highest BCUT2D eigenvalue weighted by atomic mass is 16.5. The van der Waals surface area contributed by atoms with Crippen molar-refractivity contribution >= 4 is 0 Å². The van der Waals surface area contributed by atoms with Crippen LogP contribution in [0.5, 0.6) is 0 Å². The minimum Gasteiger partial charge on any atom is -0.394 e. The molecule has 15 heavy (non-hydrogen) atoms. The Hall–Kier alpha value is -0.160.